The van der Waals surface area contributed by atoms with E-state index in [2.05, 4.69) is 22.4 Å². The molecule has 120 valence electrons. The molecule has 0 amide bonds. The number of nitrogens with zero attached hydrogens (tertiary/aromatic N) is 1. The molecule has 24 heavy (non-hydrogen) atoms. The molecule has 10 radical (unpaired) electrons. The van der Waals surface area contributed by atoms with Crippen LogP contribution in [0.3, 0.4) is 0 Å². The molecule has 0 atom stereocenters. The second kappa shape index (κ2) is 12.1. The summed E-state index contributed by atoms with van der Waals surface area (Å²) in [4.78, 5) is 0. The molecule has 2 nitrogen and oxygen atoms in total. The van der Waals surface area contributed by atoms with Crippen molar-refractivity contribution in [1.82, 2.24) is 0 Å². The Bertz CT molecular complexity index is 561. The van der Waals surface area contributed by atoms with Crippen LogP contribution in [0.15, 0.2) is 23.3 Å². The number of hydrazone groups is 1. The van der Waals surface area contributed by atoms with E-state index >= 15 is 0 Å². The van der Waals surface area contributed by atoms with Crippen molar-refractivity contribution < 1.29 is 25.8 Å². The monoisotopic (exact) mass is 364 g/mol. The quantitative estimate of drug-likeness (QED) is 0.367. The van der Waals surface area contributed by atoms with Gasteiger partial charge in [0.25, 0.3) is 0 Å². The normalized spacial score (nSPS) is 16.8. The van der Waals surface area contributed by atoms with Gasteiger partial charge in [0.2, 0.25) is 0 Å². The maximum absolute atomic E-state index is 13.2. The van der Waals surface area contributed by atoms with Crippen LogP contribution in [0, 0.1) is 87.2 Å². The van der Waals surface area contributed by atoms with Crippen LogP contribution in [-0.4, -0.2) is 6.21 Å². The summed E-state index contributed by atoms with van der Waals surface area (Å²) in [7, 11) is 0. The zero-order valence-electron chi connectivity index (χ0n) is 12.6. The van der Waals surface area contributed by atoms with E-state index in [0.29, 0.717) is 0 Å². The van der Waals surface area contributed by atoms with Gasteiger partial charge in [0, 0.05) is 6.07 Å². The molecule has 3 rings (SSSR count). The summed E-state index contributed by atoms with van der Waals surface area (Å²) < 4.78 is 26.0. The molecule has 0 aliphatic heterocycles. The fourth-order valence-electron chi connectivity index (χ4n) is 1.61. The molecular weight excluding hydrogens is 350 g/mol. The van der Waals surface area contributed by atoms with Crippen LogP contribution in [0.4, 0.5) is 14.5 Å². The van der Waals surface area contributed by atoms with Crippen molar-refractivity contribution in [3.8, 4) is 11.8 Å². The van der Waals surface area contributed by atoms with Gasteiger partial charge in [-0.2, -0.15) is 5.10 Å². The van der Waals surface area contributed by atoms with Crippen LogP contribution >= 0.6 is 0 Å². The van der Waals surface area contributed by atoms with Gasteiger partial charge in [-0.15, -0.1) is 0 Å². The number of anilines is 1. The minimum absolute atomic E-state index is 0. The van der Waals surface area contributed by atoms with Crippen molar-refractivity contribution in [1.29, 1.82) is 0 Å². The third kappa shape index (κ3) is 7.95. The molecule has 1 aromatic rings. The van der Waals surface area contributed by atoms with Crippen LogP contribution in [0.5, 0.6) is 0 Å². The smallest absolute Gasteiger partial charge is 0.275 e. The molecule has 0 heterocycles. The van der Waals surface area contributed by atoms with E-state index in [0.717, 1.165) is 24.1 Å². The third-order valence-electron chi connectivity index (χ3n) is 2.68. The third-order valence-corrected chi connectivity index (χ3v) is 2.68. The molecule has 5 heteroatoms. The SMILES string of the molecule is Fc1ccc(F)c(N/N=C/C#C[C]2[CH][CH][CH][CH]2)c1.[CH]1[CH][CH][CH][CH]1.[Fe+2]. The number of benzene rings is 1. The number of rotatable bonds is 2. The molecule has 0 saturated heterocycles. The van der Waals surface area contributed by atoms with Crippen LogP contribution < -0.4 is 5.43 Å². The predicted molar refractivity (Wildman–Crippen MR) is 88.2 cm³/mol. The first kappa shape index (κ1) is 20.7. The fraction of sp³-hybridized carbons (Fsp3) is 0. The second-order valence-corrected chi connectivity index (χ2v) is 4.40. The molecule has 1 N–H and O–H groups in total. The van der Waals surface area contributed by atoms with Gasteiger partial charge in [0.15, 0.2) is 0 Å². The largest absolute Gasteiger partial charge is 2.00 e. The van der Waals surface area contributed by atoms with Gasteiger partial charge >= 0.3 is 17.1 Å². The maximum atomic E-state index is 13.2. The van der Waals surface area contributed by atoms with Crippen molar-refractivity contribution in [2.75, 3.05) is 5.43 Å². The Labute approximate surface area is 154 Å². The van der Waals surface area contributed by atoms with Gasteiger partial charge in [-0.3, -0.25) is 5.43 Å². The van der Waals surface area contributed by atoms with Gasteiger partial charge < -0.3 is 0 Å². The molecule has 2 fully saturated rings. The zero-order valence-corrected chi connectivity index (χ0v) is 13.7. The minimum Gasteiger partial charge on any atom is -0.275 e. The van der Waals surface area contributed by atoms with E-state index in [1.807, 2.05) is 57.8 Å². The molecule has 0 unspecified atom stereocenters. The predicted octanol–water partition coefficient (Wildman–Crippen LogP) is 3.79. The first-order valence-electron chi connectivity index (χ1n) is 6.88. The molecule has 2 aliphatic rings. The Hall–Kier alpha value is -1.37. The zero-order chi connectivity index (χ0) is 16.3. The summed E-state index contributed by atoms with van der Waals surface area (Å²) >= 11 is 0. The molecule has 0 bridgehead atoms. The molecule has 2 saturated carbocycles. The average molecular weight is 364 g/mol. The van der Waals surface area contributed by atoms with Gasteiger partial charge in [-0.25, -0.2) is 8.78 Å². The van der Waals surface area contributed by atoms with Gasteiger partial charge in [0.1, 0.15) is 11.6 Å². The topological polar surface area (TPSA) is 24.4 Å². The molecule has 1 aromatic carbocycles. The van der Waals surface area contributed by atoms with Crippen molar-refractivity contribution >= 4 is 11.9 Å². The van der Waals surface area contributed by atoms with E-state index in [1.165, 1.54) is 6.21 Å². The molecule has 0 spiro atoms. The van der Waals surface area contributed by atoms with Crippen LogP contribution in [0.2, 0.25) is 0 Å². The summed E-state index contributed by atoms with van der Waals surface area (Å²) in [6, 6.07) is 3.10. The van der Waals surface area contributed by atoms with E-state index < -0.39 is 11.6 Å². The number of hydrogen-bond acceptors (Lipinski definition) is 2. The summed E-state index contributed by atoms with van der Waals surface area (Å²) in [5, 5.41) is 3.69. The Morgan fingerprint density at radius 3 is 2.17 bits per heavy atom. The van der Waals surface area contributed by atoms with E-state index in [9.17, 15) is 8.78 Å². The Balaban J connectivity index is 0.000000412. The van der Waals surface area contributed by atoms with E-state index in [-0.39, 0.29) is 22.8 Å². The standard InChI is InChI=1S/C14H9F2N2.C5H5.Fe/c15-12-7-8-13(16)14(10-12)18-17-9-3-6-11-4-1-2-5-11;1-2-4-5-3-1;/h1-2,4-5,7-10,18H;1-5H;/q;;+2/b17-9+;;. The maximum Gasteiger partial charge on any atom is 2.00 e. The number of hydrogen-bond donors (Lipinski definition) is 1. The number of nitrogens with one attached hydrogen (secondary N) is 1. The van der Waals surface area contributed by atoms with E-state index in [1.54, 1.807) is 0 Å². The van der Waals surface area contributed by atoms with Gasteiger partial charge in [0.05, 0.1) is 17.8 Å². The minimum atomic E-state index is -0.572. The van der Waals surface area contributed by atoms with Crippen molar-refractivity contribution in [2.45, 2.75) is 0 Å². The van der Waals surface area contributed by atoms with Crippen molar-refractivity contribution in [3.63, 3.8) is 0 Å². The molecule has 2 aliphatic carbocycles. The average Bonchev–Trinajstić information content (AvgIpc) is 3.25. The summed E-state index contributed by atoms with van der Waals surface area (Å²) in [6.07, 6.45) is 18.8. The van der Waals surface area contributed by atoms with Crippen molar-refractivity contribution in [3.05, 3.63) is 93.5 Å². The summed E-state index contributed by atoms with van der Waals surface area (Å²) in [5.74, 6) is 5.27. The molecule has 0 aromatic heterocycles. The number of halogens is 2. The van der Waals surface area contributed by atoms with Crippen LogP contribution in [-0.2, 0) is 17.1 Å². The Morgan fingerprint density at radius 2 is 1.54 bits per heavy atom. The first-order chi connectivity index (χ1) is 11.3. The van der Waals surface area contributed by atoms with Gasteiger partial charge in [-0.1, -0.05) is 11.8 Å². The summed E-state index contributed by atoms with van der Waals surface area (Å²) in [5.41, 5.74) is 2.36. The summed E-state index contributed by atoms with van der Waals surface area (Å²) in [6.45, 7) is 0. The van der Waals surface area contributed by atoms with Gasteiger partial charge in [-0.05, 0) is 69.9 Å². The van der Waals surface area contributed by atoms with Crippen molar-refractivity contribution in [2.24, 2.45) is 5.10 Å². The first-order valence-corrected chi connectivity index (χ1v) is 6.88. The molecular formula is C19H14F2FeN2+2. The van der Waals surface area contributed by atoms with Crippen LogP contribution in [0.1, 0.15) is 0 Å². The Morgan fingerprint density at radius 1 is 0.917 bits per heavy atom. The second-order valence-electron chi connectivity index (χ2n) is 4.40. The Kier molecular flexibility index (Phi) is 10.4. The van der Waals surface area contributed by atoms with Crippen LogP contribution in [0.25, 0.3) is 0 Å². The fourth-order valence-corrected chi connectivity index (χ4v) is 1.61. The van der Waals surface area contributed by atoms with E-state index in [4.69, 9.17) is 0 Å².